The minimum Gasteiger partial charge on any atom is -0.494 e. The summed E-state index contributed by atoms with van der Waals surface area (Å²) in [4.78, 5) is 14.9. The molecule has 32 heavy (non-hydrogen) atoms. The molecule has 0 saturated heterocycles. The smallest absolute Gasteiger partial charge is 0.273 e. The molecule has 3 heterocycles. The minimum absolute atomic E-state index is 0.0291. The second kappa shape index (κ2) is 8.05. The van der Waals surface area contributed by atoms with Crippen molar-refractivity contribution in [2.24, 2.45) is 0 Å². The van der Waals surface area contributed by atoms with Crippen molar-refractivity contribution in [2.45, 2.75) is 6.42 Å². The molecule has 7 nitrogen and oxygen atoms in total. The maximum atomic E-state index is 14.6. The van der Waals surface area contributed by atoms with Gasteiger partial charge < -0.3 is 9.64 Å². The Morgan fingerprint density at radius 3 is 2.62 bits per heavy atom. The lowest BCUT2D eigenvalue weighted by molar-refractivity contribution is 0.370. The van der Waals surface area contributed by atoms with E-state index in [-0.39, 0.29) is 11.4 Å². The zero-order valence-corrected chi connectivity index (χ0v) is 17.8. The van der Waals surface area contributed by atoms with Crippen molar-refractivity contribution in [3.8, 4) is 22.7 Å². The van der Waals surface area contributed by atoms with E-state index in [1.54, 1.807) is 6.07 Å². The number of methoxy groups -OCH3 is 1. The van der Waals surface area contributed by atoms with Crippen LogP contribution in [0, 0.1) is 5.82 Å². The highest BCUT2D eigenvalue weighted by Crippen LogP contribution is 2.29. The van der Waals surface area contributed by atoms with Gasteiger partial charge in [0.1, 0.15) is 22.6 Å². The number of aromatic amines is 1. The summed E-state index contributed by atoms with van der Waals surface area (Å²) < 4.78 is 20.9. The van der Waals surface area contributed by atoms with Gasteiger partial charge >= 0.3 is 0 Å². The number of hydrogen-bond donors (Lipinski definition) is 1. The number of hydrogen-bond acceptors (Lipinski definition) is 5. The molecular formula is C24H22FN5O2. The van der Waals surface area contributed by atoms with E-state index in [1.807, 2.05) is 12.1 Å². The first-order valence-electron chi connectivity index (χ1n) is 10.3. The number of fused-ring (bicyclic) bond motifs is 1. The Kier molecular flexibility index (Phi) is 5.07. The molecule has 2 aromatic carbocycles. The quantitative estimate of drug-likeness (QED) is 0.534. The van der Waals surface area contributed by atoms with Crippen LogP contribution in [0.15, 0.2) is 59.4 Å². The average Bonchev–Trinajstić information content (AvgIpc) is 3.21. The number of benzene rings is 2. The summed E-state index contributed by atoms with van der Waals surface area (Å²) >= 11 is 0. The van der Waals surface area contributed by atoms with Crippen molar-refractivity contribution in [2.75, 3.05) is 27.2 Å². The van der Waals surface area contributed by atoms with E-state index in [1.165, 1.54) is 36.4 Å². The molecule has 1 aliphatic heterocycles. The van der Waals surface area contributed by atoms with Crippen molar-refractivity contribution in [3.63, 3.8) is 0 Å². The lowest BCUT2D eigenvalue weighted by Gasteiger charge is -2.22. The SMILES string of the molecule is COc1cccc(F)c1-n1nc2c(-c3ccc(C4=CCN(C)CC4)cc3)n[nH]c2cc1=O. The third-order valence-corrected chi connectivity index (χ3v) is 5.77. The Labute approximate surface area is 183 Å². The van der Waals surface area contributed by atoms with Gasteiger partial charge in [0.15, 0.2) is 5.82 Å². The molecule has 1 aliphatic rings. The van der Waals surface area contributed by atoms with Crippen LogP contribution in [0.25, 0.3) is 33.6 Å². The minimum atomic E-state index is -0.598. The number of aromatic nitrogens is 4. The van der Waals surface area contributed by atoms with Gasteiger partial charge in [0.05, 0.1) is 12.6 Å². The number of ether oxygens (including phenoxy) is 1. The molecule has 5 rings (SSSR count). The summed E-state index contributed by atoms with van der Waals surface area (Å²) in [6.45, 7) is 1.99. The molecule has 8 heteroatoms. The summed E-state index contributed by atoms with van der Waals surface area (Å²) in [6, 6.07) is 13.9. The topological polar surface area (TPSA) is 76.0 Å². The zero-order chi connectivity index (χ0) is 22.2. The van der Waals surface area contributed by atoms with Crippen LogP contribution in [-0.2, 0) is 0 Å². The van der Waals surface area contributed by atoms with Crippen LogP contribution in [0.1, 0.15) is 12.0 Å². The van der Waals surface area contributed by atoms with Gasteiger partial charge in [-0.1, -0.05) is 36.4 Å². The van der Waals surface area contributed by atoms with Crippen LogP contribution in [-0.4, -0.2) is 52.1 Å². The molecule has 4 aromatic rings. The lowest BCUT2D eigenvalue weighted by atomic mass is 9.98. The van der Waals surface area contributed by atoms with Crippen LogP contribution in [0.2, 0.25) is 0 Å². The van der Waals surface area contributed by atoms with E-state index < -0.39 is 11.4 Å². The third-order valence-electron chi connectivity index (χ3n) is 5.77. The van der Waals surface area contributed by atoms with Gasteiger partial charge in [0.25, 0.3) is 5.56 Å². The average molecular weight is 431 g/mol. The number of nitrogens with one attached hydrogen (secondary N) is 1. The van der Waals surface area contributed by atoms with Crippen molar-refractivity contribution in [1.29, 1.82) is 0 Å². The van der Waals surface area contributed by atoms with Gasteiger partial charge in [-0.2, -0.15) is 14.9 Å². The molecule has 0 unspecified atom stereocenters. The fourth-order valence-electron chi connectivity index (χ4n) is 3.99. The summed E-state index contributed by atoms with van der Waals surface area (Å²) in [5.74, 6) is -0.376. The molecule has 0 fully saturated rings. The lowest BCUT2D eigenvalue weighted by Crippen LogP contribution is -2.23. The highest BCUT2D eigenvalue weighted by molar-refractivity contribution is 5.89. The van der Waals surface area contributed by atoms with Crippen LogP contribution in [0.4, 0.5) is 4.39 Å². The molecule has 2 aromatic heterocycles. The fourth-order valence-corrected chi connectivity index (χ4v) is 3.99. The van der Waals surface area contributed by atoms with Gasteiger partial charge in [0.2, 0.25) is 0 Å². The summed E-state index contributed by atoms with van der Waals surface area (Å²) in [6.07, 6.45) is 3.27. The van der Waals surface area contributed by atoms with Crippen molar-refractivity contribution < 1.29 is 9.13 Å². The van der Waals surface area contributed by atoms with Gasteiger partial charge in [-0.05, 0) is 36.7 Å². The first-order chi connectivity index (χ1) is 15.5. The Balaban J connectivity index is 1.58. The number of nitrogens with zero attached hydrogens (tertiary/aromatic N) is 4. The Bertz CT molecular complexity index is 1390. The highest BCUT2D eigenvalue weighted by Gasteiger charge is 2.18. The number of halogens is 1. The first kappa shape index (κ1) is 20.1. The molecule has 1 N–H and O–H groups in total. The molecule has 0 spiro atoms. The monoisotopic (exact) mass is 431 g/mol. The Hall–Kier alpha value is -3.78. The molecule has 0 aliphatic carbocycles. The van der Waals surface area contributed by atoms with Gasteiger partial charge in [-0.3, -0.25) is 9.89 Å². The molecule has 0 bridgehead atoms. The Morgan fingerprint density at radius 1 is 1.12 bits per heavy atom. The van der Waals surface area contributed by atoms with Crippen molar-refractivity contribution >= 4 is 16.6 Å². The molecule has 162 valence electrons. The summed E-state index contributed by atoms with van der Waals surface area (Å²) in [5.41, 5.74) is 4.40. The van der Waals surface area contributed by atoms with E-state index in [9.17, 15) is 9.18 Å². The predicted octanol–water partition coefficient (Wildman–Crippen LogP) is 3.64. The molecular weight excluding hydrogens is 409 g/mol. The third kappa shape index (κ3) is 3.48. The highest BCUT2D eigenvalue weighted by atomic mass is 19.1. The van der Waals surface area contributed by atoms with E-state index in [2.05, 4.69) is 45.5 Å². The second-order valence-corrected chi connectivity index (χ2v) is 7.84. The van der Waals surface area contributed by atoms with E-state index in [4.69, 9.17) is 4.74 Å². The van der Waals surface area contributed by atoms with E-state index in [0.717, 1.165) is 29.8 Å². The van der Waals surface area contributed by atoms with Crippen LogP contribution < -0.4 is 10.3 Å². The van der Waals surface area contributed by atoms with Crippen LogP contribution in [0.3, 0.4) is 0 Å². The summed E-state index contributed by atoms with van der Waals surface area (Å²) in [5, 5.41) is 11.7. The summed E-state index contributed by atoms with van der Waals surface area (Å²) in [7, 11) is 3.54. The number of para-hydroxylation sites is 1. The zero-order valence-electron chi connectivity index (χ0n) is 17.8. The standard InChI is InChI=1S/C24H22FN5O2/c1-29-12-10-16(11-13-29)15-6-8-17(9-7-15)22-23-19(26-27-22)14-21(31)30(28-23)24-18(25)4-3-5-20(24)32-2/h3-10,14,26H,11-13H2,1-2H3. The van der Waals surface area contributed by atoms with E-state index in [0.29, 0.717) is 16.7 Å². The molecule has 0 saturated carbocycles. The number of rotatable bonds is 4. The number of likely N-dealkylation sites (N-methyl/N-ethyl adjacent to an activating group) is 1. The maximum absolute atomic E-state index is 14.6. The van der Waals surface area contributed by atoms with Gasteiger partial charge in [-0.25, -0.2) is 4.39 Å². The molecule has 0 atom stereocenters. The van der Waals surface area contributed by atoms with Crippen LogP contribution >= 0.6 is 0 Å². The number of H-pyrrole nitrogens is 1. The van der Waals surface area contributed by atoms with Gasteiger partial charge in [-0.15, -0.1) is 0 Å². The first-order valence-corrected chi connectivity index (χ1v) is 10.3. The van der Waals surface area contributed by atoms with E-state index >= 15 is 0 Å². The second-order valence-electron chi connectivity index (χ2n) is 7.84. The van der Waals surface area contributed by atoms with Crippen LogP contribution in [0.5, 0.6) is 5.75 Å². The maximum Gasteiger partial charge on any atom is 0.273 e. The fraction of sp³-hybridized carbons (Fsp3) is 0.208. The largest absolute Gasteiger partial charge is 0.494 e. The predicted molar refractivity (Wildman–Crippen MR) is 122 cm³/mol. The molecule has 0 radical (unpaired) electrons. The Morgan fingerprint density at radius 2 is 1.91 bits per heavy atom. The van der Waals surface area contributed by atoms with Crippen molar-refractivity contribution in [3.05, 3.63) is 76.3 Å². The normalized spacial score (nSPS) is 14.5. The molecule has 0 amide bonds. The van der Waals surface area contributed by atoms with Crippen molar-refractivity contribution in [1.82, 2.24) is 24.9 Å². The van der Waals surface area contributed by atoms with Gasteiger partial charge in [0, 0.05) is 24.7 Å².